The van der Waals surface area contributed by atoms with E-state index in [1.807, 2.05) is 24.3 Å². The van der Waals surface area contributed by atoms with Gasteiger partial charge in [0.25, 0.3) is 5.91 Å². The summed E-state index contributed by atoms with van der Waals surface area (Å²) in [6.07, 6.45) is 1.49. The highest BCUT2D eigenvalue weighted by Gasteiger charge is 2.40. The van der Waals surface area contributed by atoms with Gasteiger partial charge in [0.1, 0.15) is 11.6 Å². The van der Waals surface area contributed by atoms with Gasteiger partial charge in [-0.1, -0.05) is 19.1 Å². The molecule has 184 valence electrons. The van der Waals surface area contributed by atoms with Crippen molar-refractivity contribution >= 4 is 21.9 Å². The van der Waals surface area contributed by atoms with Crippen LogP contribution in [0.1, 0.15) is 44.0 Å². The van der Waals surface area contributed by atoms with Gasteiger partial charge in [0.2, 0.25) is 0 Å². The van der Waals surface area contributed by atoms with Gasteiger partial charge >= 0.3 is 10.2 Å². The lowest BCUT2D eigenvalue weighted by atomic mass is 9.97. The second kappa shape index (κ2) is 9.16. The van der Waals surface area contributed by atoms with Crippen molar-refractivity contribution in [3.05, 3.63) is 42.0 Å². The van der Waals surface area contributed by atoms with Crippen molar-refractivity contribution in [3.8, 4) is 17.0 Å². The number of para-hydroxylation sites is 1. The maximum Gasteiger partial charge on any atom is 0.304 e. The molecule has 0 bridgehead atoms. The molecule has 34 heavy (non-hydrogen) atoms. The topological polar surface area (TPSA) is 118 Å². The molecule has 2 aliphatic rings. The van der Waals surface area contributed by atoms with Crippen molar-refractivity contribution in [2.75, 3.05) is 31.6 Å². The van der Waals surface area contributed by atoms with Gasteiger partial charge in [0.05, 0.1) is 18.4 Å². The number of carbonyl (C=O) groups excluding carboxylic acids is 1. The Labute approximate surface area is 201 Å². The molecular weight excluding hydrogens is 454 g/mol. The van der Waals surface area contributed by atoms with Crippen LogP contribution >= 0.6 is 0 Å². The van der Waals surface area contributed by atoms with Gasteiger partial charge in [0, 0.05) is 36.8 Å². The standard InChI is InChI=1S/C24H33N5O4S/c1-16-13-24(2,3)29(14-16)22-19(23(30)27-34(31,32)28-12-11-17(25)15-28)9-10-20(26-22)18-7-5-6-8-21(18)33-4/h5-10,16-17H,11-15,25H2,1-4H3,(H,27,30)/t16-,17+/m0/s1. The van der Waals surface area contributed by atoms with E-state index >= 15 is 0 Å². The monoisotopic (exact) mass is 487 g/mol. The molecule has 4 rings (SSSR count). The molecule has 3 N–H and O–H groups in total. The summed E-state index contributed by atoms with van der Waals surface area (Å²) in [4.78, 5) is 20.3. The average Bonchev–Trinajstić information content (AvgIpc) is 3.34. The third-order valence-corrected chi connectivity index (χ3v) is 8.04. The van der Waals surface area contributed by atoms with Crippen molar-refractivity contribution in [2.45, 2.75) is 45.2 Å². The number of anilines is 1. The lowest BCUT2D eigenvalue weighted by Gasteiger charge is -2.34. The number of rotatable bonds is 6. The summed E-state index contributed by atoms with van der Waals surface area (Å²) >= 11 is 0. The van der Waals surface area contributed by atoms with Crippen LogP contribution in [-0.2, 0) is 10.2 Å². The zero-order valence-corrected chi connectivity index (χ0v) is 20.9. The molecule has 10 heteroatoms. The van der Waals surface area contributed by atoms with Crippen molar-refractivity contribution in [2.24, 2.45) is 11.7 Å². The van der Waals surface area contributed by atoms with Gasteiger partial charge in [-0.2, -0.15) is 12.7 Å². The number of hydrogen-bond acceptors (Lipinski definition) is 7. The molecule has 2 atom stereocenters. The molecule has 2 fully saturated rings. The lowest BCUT2D eigenvalue weighted by Crippen LogP contribution is -2.44. The first-order chi connectivity index (χ1) is 16.0. The molecule has 0 radical (unpaired) electrons. The third-order valence-electron chi connectivity index (χ3n) is 6.58. The second-order valence-electron chi connectivity index (χ2n) is 9.84. The fraction of sp³-hybridized carbons (Fsp3) is 0.500. The molecule has 2 aliphatic heterocycles. The number of methoxy groups -OCH3 is 1. The normalized spacial score (nSPS) is 22.7. The molecule has 1 amide bonds. The predicted molar refractivity (Wildman–Crippen MR) is 132 cm³/mol. The van der Waals surface area contributed by atoms with Crippen LogP contribution in [0, 0.1) is 5.92 Å². The first-order valence-corrected chi connectivity index (χ1v) is 13.0. The van der Waals surface area contributed by atoms with E-state index in [4.69, 9.17) is 15.5 Å². The highest BCUT2D eigenvalue weighted by Crippen LogP contribution is 2.39. The SMILES string of the molecule is COc1ccccc1-c1ccc(C(=O)NS(=O)(=O)N2CC[C@@H](N)C2)c(N2C[C@@H](C)CC2(C)C)n1. The number of aromatic nitrogens is 1. The third kappa shape index (κ3) is 4.75. The minimum Gasteiger partial charge on any atom is -0.496 e. The molecular formula is C24H33N5O4S. The van der Waals surface area contributed by atoms with E-state index in [0.29, 0.717) is 36.1 Å². The molecule has 0 spiro atoms. The van der Waals surface area contributed by atoms with Crippen molar-refractivity contribution in [1.29, 1.82) is 0 Å². The number of nitrogens with one attached hydrogen (secondary N) is 1. The Balaban J connectivity index is 1.75. The molecule has 3 heterocycles. The van der Waals surface area contributed by atoms with Crippen LogP contribution in [0.5, 0.6) is 5.75 Å². The number of amides is 1. The summed E-state index contributed by atoms with van der Waals surface area (Å²) in [6.45, 7) is 7.57. The van der Waals surface area contributed by atoms with E-state index in [0.717, 1.165) is 12.0 Å². The molecule has 9 nitrogen and oxygen atoms in total. The highest BCUT2D eigenvalue weighted by molar-refractivity contribution is 7.87. The predicted octanol–water partition coefficient (Wildman–Crippen LogP) is 2.39. The average molecular weight is 488 g/mol. The van der Waals surface area contributed by atoms with Crippen LogP contribution in [0.25, 0.3) is 11.3 Å². The van der Waals surface area contributed by atoms with Gasteiger partial charge in [-0.15, -0.1) is 0 Å². The summed E-state index contributed by atoms with van der Waals surface area (Å²) in [5.41, 5.74) is 7.27. The Hall–Kier alpha value is -2.69. The number of benzene rings is 1. The maximum atomic E-state index is 13.3. The summed E-state index contributed by atoms with van der Waals surface area (Å²) in [5, 5.41) is 0. The first-order valence-electron chi connectivity index (χ1n) is 11.5. The van der Waals surface area contributed by atoms with E-state index in [1.165, 1.54) is 4.31 Å². The van der Waals surface area contributed by atoms with Crippen LogP contribution < -0.4 is 20.1 Å². The maximum absolute atomic E-state index is 13.3. The van der Waals surface area contributed by atoms with Crippen LogP contribution in [0.2, 0.25) is 0 Å². The quantitative estimate of drug-likeness (QED) is 0.642. The van der Waals surface area contributed by atoms with E-state index in [2.05, 4.69) is 30.4 Å². The van der Waals surface area contributed by atoms with Crippen LogP contribution in [0.15, 0.2) is 36.4 Å². The number of carbonyl (C=O) groups is 1. The van der Waals surface area contributed by atoms with Gasteiger partial charge in [-0.05, 0) is 56.9 Å². The van der Waals surface area contributed by atoms with Gasteiger partial charge in [0.15, 0.2) is 0 Å². The van der Waals surface area contributed by atoms with Crippen molar-refractivity contribution < 1.29 is 17.9 Å². The smallest absolute Gasteiger partial charge is 0.304 e. The van der Waals surface area contributed by atoms with Gasteiger partial charge in [-0.3, -0.25) is 4.79 Å². The number of hydrogen-bond donors (Lipinski definition) is 2. The number of nitrogens with two attached hydrogens (primary N) is 1. The minimum atomic E-state index is -4.01. The Bertz CT molecular complexity index is 1180. The largest absolute Gasteiger partial charge is 0.496 e. The fourth-order valence-electron chi connectivity index (χ4n) is 5.01. The van der Waals surface area contributed by atoms with E-state index in [1.54, 1.807) is 19.2 Å². The lowest BCUT2D eigenvalue weighted by molar-refractivity contribution is 0.0979. The number of ether oxygens (including phenoxy) is 1. The molecule has 0 aliphatic carbocycles. The van der Waals surface area contributed by atoms with Gasteiger partial charge in [-0.25, -0.2) is 9.71 Å². The highest BCUT2D eigenvalue weighted by atomic mass is 32.2. The molecule has 2 aromatic rings. The molecule has 0 unspecified atom stereocenters. The Kier molecular flexibility index (Phi) is 6.58. The van der Waals surface area contributed by atoms with E-state index < -0.39 is 16.1 Å². The molecule has 1 aromatic heterocycles. The Morgan fingerprint density at radius 1 is 1.21 bits per heavy atom. The van der Waals surface area contributed by atoms with Crippen molar-refractivity contribution in [3.63, 3.8) is 0 Å². The molecule has 2 saturated heterocycles. The van der Waals surface area contributed by atoms with E-state index in [9.17, 15) is 13.2 Å². The fourth-order valence-corrected chi connectivity index (χ4v) is 6.21. The summed E-state index contributed by atoms with van der Waals surface area (Å²) in [5.74, 6) is 0.825. The van der Waals surface area contributed by atoms with Crippen molar-refractivity contribution in [1.82, 2.24) is 14.0 Å². The zero-order chi connectivity index (χ0) is 24.7. The van der Waals surface area contributed by atoms with Crippen LogP contribution in [0.3, 0.4) is 0 Å². The molecule has 1 aromatic carbocycles. The zero-order valence-electron chi connectivity index (χ0n) is 20.1. The Morgan fingerprint density at radius 3 is 2.56 bits per heavy atom. The van der Waals surface area contributed by atoms with Crippen LogP contribution in [-0.4, -0.2) is 61.9 Å². The van der Waals surface area contributed by atoms with E-state index in [-0.39, 0.29) is 30.2 Å². The van der Waals surface area contributed by atoms with Crippen LogP contribution in [0.4, 0.5) is 5.82 Å². The number of nitrogens with zero attached hydrogens (tertiary/aromatic N) is 3. The number of pyridine rings is 1. The molecule has 0 saturated carbocycles. The van der Waals surface area contributed by atoms with Gasteiger partial charge < -0.3 is 15.4 Å². The summed E-state index contributed by atoms with van der Waals surface area (Å²) in [7, 11) is -2.41. The first kappa shape index (κ1) is 24.4. The Morgan fingerprint density at radius 2 is 1.94 bits per heavy atom. The minimum absolute atomic E-state index is 0.192. The second-order valence-corrected chi connectivity index (χ2v) is 11.5. The summed E-state index contributed by atoms with van der Waals surface area (Å²) < 4.78 is 34.6. The summed E-state index contributed by atoms with van der Waals surface area (Å²) in [6, 6.07) is 10.7.